The Kier molecular flexibility index (Phi) is 6.90. The number of thioether (sulfide) groups is 1. The van der Waals surface area contributed by atoms with E-state index in [1.807, 2.05) is 12.1 Å². The summed E-state index contributed by atoms with van der Waals surface area (Å²) < 4.78 is 0. The standard InChI is InChI=1S/C26H32ClN3S/c27-22-6-9-25-21(18-28-26(25)17-22)10-11-29-12-14-30(15-13-29)23-7-8-24(31-19-23)16-20-4-2-1-3-5-20/h1-6,9,17-18,23-24,28H,7-8,10-16,19H2. The number of aromatic amines is 1. The largest absolute Gasteiger partial charge is 0.361 e. The lowest BCUT2D eigenvalue weighted by Crippen LogP contribution is -2.52. The van der Waals surface area contributed by atoms with Gasteiger partial charge in [-0.15, -0.1) is 0 Å². The predicted octanol–water partition coefficient (Wildman–Crippen LogP) is 5.49. The molecule has 2 aromatic carbocycles. The minimum atomic E-state index is 0.775. The molecule has 0 amide bonds. The van der Waals surface area contributed by atoms with Crippen LogP contribution in [0.2, 0.25) is 5.02 Å². The first kappa shape index (κ1) is 21.4. The van der Waals surface area contributed by atoms with E-state index in [0.717, 1.165) is 34.8 Å². The van der Waals surface area contributed by atoms with Crippen LogP contribution in [0.1, 0.15) is 24.0 Å². The molecule has 2 fully saturated rings. The Morgan fingerprint density at radius 2 is 1.84 bits per heavy atom. The number of aromatic nitrogens is 1. The molecule has 0 radical (unpaired) electrons. The van der Waals surface area contributed by atoms with E-state index in [4.69, 9.17) is 11.6 Å². The topological polar surface area (TPSA) is 22.3 Å². The molecule has 1 aromatic heterocycles. The molecule has 2 atom stereocenters. The third-order valence-electron chi connectivity index (χ3n) is 7.00. The molecule has 2 aliphatic rings. The second-order valence-electron chi connectivity index (χ2n) is 9.01. The van der Waals surface area contributed by atoms with Gasteiger partial charge in [0.15, 0.2) is 0 Å². The van der Waals surface area contributed by atoms with Gasteiger partial charge in [-0.3, -0.25) is 4.90 Å². The molecular weight excluding hydrogens is 422 g/mol. The maximum atomic E-state index is 6.11. The zero-order valence-corrected chi connectivity index (χ0v) is 19.7. The molecule has 2 saturated heterocycles. The van der Waals surface area contributed by atoms with E-state index in [-0.39, 0.29) is 0 Å². The van der Waals surface area contributed by atoms with Gasteiger partial charge in [0.25, 0.3) is 0 Å². The number of nitrogens with zero attached hydrogens (tertiary/aromatic N) is 2. The molecule has 5 heteroatoms. The van der Waals surface area contributed by atoms with E-state index in [2.05, 4.69) is 69.1 Å². The Bertz CT molecular complexity index is 973. The van der Waals surface area contributed by atoms with E-state index < -0.39 is 0 Å². The van der Waals surface area contributed by atoms with Gasteiger partial charge >= 0.3 is 0 Å². The number of hydrogen-bond acceptors (Lipinski definition) is 3. The molecule has 2 aliphatic heterocycles. The highest BCUT2D eigenvalue weighted by Gasteiger charge is 2.28. The van der Waals surface area contributed by atoms with Crippen LogP contribution in [0.15, 0.2) is 54.7 Å². The summed E-state index contributed by atoms with van der Waals surface area (Å²) in [5, 5.41) is 2.91. The van der Waals surface area contributed by atoms with Gasteiger partial charge < -0.3 is 9.88 Å². The highest BCUT2D eigenvalue weighted by Crippen LogP contribution is 2.31. The Balaban J connectivity index is 1.05. The summed E-state index contributed by atoms with van der Waals surface area (Å²) in [6.45, 7) is 5.98. The molecule has 3 heterocycles. The van der Waals surface area contributed by atoms with Crippen molar-refractivity contribution in [2.75, 3.05) is 38.5 Å². The molecule has 2 unspecified atom stereocenters. The SMILES string of the molecule is Clc1ccc2c(CCN3CCN(C4CCC(Cc5ccccc5)SC4)CC3)c[nH]c2c1. The van der Waals surface area contributed by atoms with Gasteiger partial charge in [-0.05, 0) is 48.9 Å². The van der Waals surface area contributed by atoms with Crippen molar-refractivity contribution in [3.05, 3.63) is 70.9 Å². The lowest BCUT2D eigenvalue weighted by Gasteiger charge is -2.41. The second kappa shape index (κ2) is 9.99. The minimum Gasteiger partial charge on any atom is -0.361 e. The van der Waals surface area contributed by atoms with E-state index in [1.54, 1.807) is 0 Å². The van der Waals surface area contributed by atoms with Crippen LogP contribution in [-0.2, 0) is 12.8 Å². The van der Waals surface area contributed by atoms with E-state index >= 15 is 0 Å². The van der Waals surface area contributed by atoms with Crippen LogP contribution >= 0.6 is 23.4 Å². The number of benzene rings is 2. The van der Waals surface area contributed by atoms with E-state index in [0.29, 0.717) is 0 Å². The average molecular weight is 454 g/mol. The molecule has 0 aliphatic carbocycles. The smallest absolute Gasteiger partial charge is 0.0471 e. The van der Waals surface area contributed by atoms with Crippen LogP contribution in [0, 0.1) is 0 Å². The average Bonchev–Trinajstić information content (AvgIpc) is 3.21. The van der Waals surface area contributed by atoms with Gasteiger partial charge in [0.05, 0.1) is 0 Å². The lowest BCUT2D eigenvalue weighted by molar-refractivity contribution is 0.0989. The highest BCUT2D eigenvalue weighted by atomic mass is 35.5. The van der Waals surface area contributed by atoms with Crippen LogP contribution in [-0.4, -0.2) is 64.6 Å². The number of fused-ring (bicyclic) bond motifs is 1. The van der Waals surface area contributed by atoms with Gasteiger partial charge in [0.1, 0.15) is 0 Å². The molecule has 31 heavy (non-hydrogen) atoms. The number of rotatable bonds is 6. The zero-order chi connectivity index (χ0) is 21.0. The van der Waals surface area contributed by atoms with Gasteiger partial charge in [0, 0.05) is 71.9 Å². The van der Waals surface area contributed by atoms with Crippen molar-refractivity contribution in [1.29, 1.82) is 0 Å². The van der Waals surface area contributed by atoms with Crippen molar-refractivity contribution in [3.8, 4) is 0 Å². The predicted molar refractivity (Wildman–Crippen MR) is 134 cm³/mol. The number of piperazine rings is 1. The van der Waals surface area contributed by atoms with Crippen LogP contribution in [0.25, 0.3) is 10.9 Å². The summed E-state index contributed by atoms with van der Waals surface area (Å²) in [6.07, 6.45) is 7.20. The molecule has 0 saturated carbocycles. The molecule has 5 rings (SSSR count). The number of halogens is 1. The van der Waals surface area contributed by atoms with Crippen molar-refractivity contribution in [3.63, 3.8) is 0 Å². The summed E-state index contributed by atoms with van der Waals surface area (Å²) in [5.41, 5.74) is 4.04. The molecule has 164 valence electrons. The van der Waals surface area contributed by atoms with Gasteiger partial charge in [-0.2, -0.15) is 11.8 Å². The fourth-order valence-corrected chi connectivity index (χ4v) is 6.77. The van der Waals surface area contributed by atoms with Crippen molar-refractivity contribution < 1.29 is 0 Å². The quantitative estimate of drug-likeness (QED) is 0.533. The second-order valence-corrected chi connectivity index (χ2v) is 10.8. The highest BCUT2D eigenvalue weighted by molar-refractivity contribution is 8.00. The number of H-pyrrole nitrogens is 1. The summed E-state index contributed by atoms with van der Waals surface area (Å²) in [7, 11) is 0. The summed E-state index contributed by atoms with van der Waals surface area (Å²) in [4.78, 5) is 8.77. The monoisotopic (exact) mass is 453 g/mol. The van der Waals surface area contributed by atoms with Crippen LogP contribution in [0.4, 0.5) is 0 Å². The number of nitrogens with one attached hydrogen (secondary N) is 1. The van der Waals surface area contributed by atoms with E-state index in [9.17, 15) is 0 Å². The van der Waals surface area contributed by atoms with Crippen molar-refractivity contribution in [2.45, 2.75) is 37.0 Å². The Morgan fingerprint density at radius 3 is 2.61 bits per heavy atom. The third kappa shape index (κ3) is 5.31. The third-order valence-corrected chi connectivity index (χ3v) is 8.69. The molecule has 0 bridgehead atoms. The first-order valence-electron chi connectivity index (χ1n) is 11.6. The maximum Gasteiger partial charge on any atom is 0.0471 e. The Labute approximate surface area is 195 Å². The molecule has 1 N–H and O–H groups in total. The Morgan fingerprint density at radius 1 is 1.00 bits per heavy atom. The summed E-state index contributed by atoms with van der Waals surface area (Å²) >= 11 is 8.32. The zero-order valence-electron chi connectivity index (χ0n) is 18.1. The van der Waals surface area contributed by atoms with Crippen LogP contribution in [0.5, 0.6) is 0 Å². The fourth-order valence-electron chi connectivity index (χ4n) is 5.11. The summed E-state index contributed by atoms with van der Waals surface area (Å²) in [6, 6.07) is 17.9. The molecular formula is C26H32ClN3S. The van der Waals surface area contributed by atoms with Gasteiger partial charge in [-0.1, -0.05) is 48.0 Å². The first-order valence-corrected chi connectivity index (χ1v) is 13.0. The number of hydrogen-bond donors (Lipinski definition) is 1. The maximum absolute atomic E-state index is 6.11. The fraction of sp³-hybridized carbons (Fsp3) is 0.462. The Hall–Kier alpha value is -1.46. The van der Waals surface area contributed by atoms with Crippen LogP contribution < -0.4 is 0 Å². The molecule has 3 aromatic rings. The first-order chi connectivity index (χ1) is 15.2. The van der Waals surface area contributed by atoms with Crippen molar-refractivity contribution in [1.82, 2.24) is 14.8 Å². The van der Waals surface area contributed by atoms with Crippen LogP contribution in [0.3, 0.4) is 0 Å². The summed E-state index contributed by atoms with van der Waals surface area (Å²) in [5.74, 6) is 1.30. The lowest BCUT2D eigenvalue weighted by atomic mass is 10.0. The molecule has 3 nitrogen and oxygen atoms in total. The van der Waals surface area contributed by atoms with Gasteiger partial charge in [0.2, 0.25) is 0 Å². The molecule has 0 spiro atoms. The normalized spacial score (nSPS) is 23.4. The van der Waals surface area contributed by atoms with Gasteiger partial charge in [-0.25, -0.2) is 0 Å². The van der Waals surface area contributed by atoms with Crippen molar-refractivity contribution in [2.24, 2.45) is 0 Å². The van der Waals surface area contributed by atoms with Crippen molar-refractivity contribution >= 4 is 34.3 Å². The van der Waals surface area contributed by atoms with E-state index in [1.165, 1.54) is 67.7 Å². The minimum absolute atomic E-state index is 0.775.